The summed E-state index contributed by atoms with van der Waals surface area (Å²) in [6.07, 6.45) is 2.36. The van der Waals surface area contributed by atoms with Crippen LogP contribution in [0, 0.1) is 5.82 Å². The molecule has 0 radical (unpaired) electrons. The number of rotatable bonds is 6. The number of aliphatic hydroxyl groups excluding tert-OH is 1. The number of amides is 1. The van der Waals surface area contributed by atoms with E-state index in [0.717, 1.165) is 45.6 Å². The Bertz CT molecular complexity index is 637. The van der Waals surface area contributed by atoms with E-state index in [9.17, 15) is 14.3 Å². The van der Waals surface area contributed by atoms with Gasteiger partial charge in [-0.05, 0) is 32.3 Å². The number of nitrogens with zero attached hydrogens (tertiary/aromatic N) is 3. The molecule has 0 saturated carbocycles. The van der Waals surface area contributed by atoms with Gasteiger partial charge in [-0.15, -0.1) is 0 Å². The molecular formula is C21H32FN3O3. The van der Waals surface area contributed by atoms with Gasteiger partial charge in [-0.3, -0.25) is 9.80 Å². The van der Waals surface area contributed by atoms with Crippen LogP contribution >= 0.6 is 0 Å². The van der Waals surface area contributed by atoms with Crippen molar-refractivity contribution < 1.29 is 19.0 Å². The number of piperazine rings is 1. The Balaban J connectivity index is 1.55. The number of halogens is 1. The predicted molar refractivity (Wildman–Crippen MR) is 105 cm³/mol. The van der Waals surface area contributed by atoms with Crippen molar-refractivity contribution in [3.8, 4) is 0 Å². The molecule has 7 heteroatoms. The fourth-order valence-electron chi connectivity index (χ4n) is 4.35. The number of piperidine rings is 1. The molecule has 2 heterocycles. The van der Waals surface area contributed by atoms with Gasteiger partial charge in [-0.2, -0.15) is 0 Å². The number of carbonyl (C=O) groups excluding carboxylic acids is 1. The van der Waals surface area contributed by atoms with Crippen LogP contribution in [0.25, 0.3) is 0 Å². The van der Waals surface area contributed by atoms with Crippen LogP contribution in [0.2, 0.25) is 0 Å². The topological polar surface area (TPSA) is 56.2 Å². The van der Waals surface area contributed by atoms with Gasteiger partial charge in [0.25, 0.3) is 0 Å². The number of carbonyl (C=O) groups is 1. The SMILES string of the molecule is CCOC(=O)N1CCC(N2CCN(Cc3ccccc3F)[C@@H](CCO)C2)CC1. The maximum Gasteiger partial charge on any atom is 0.409 e. The largest absolute Gasteiger partial charge is 0.450 e. The van der Waals surface area contributed by atoms with E-state index in [1.54, 1.807) is 11.0 Å². The van der Waals surface area contributed by atoms with Crippen molar-refractivity contribution in [2.45, 2.75) is 44.8 Å². The standard InChI is InChI=1S/C21H32FN3O3/c1-2-28-21(27)23-10-7-18(8-11-23)25-13-12-24(19(16-25)9-14-26)15-17-5-3-4-6-20(17)22/h3-6,18-19,26H,2,7-16H2,1H3/t19-/m0/s1. The number of ether oxygens (including phenoxy) is 1. The molecule has 2 fully saturated rings. The summed E-state index contributed by atoms with van der Waals surface area (Å²) in [5, 5.41) is 9.52. The van der Waals surface area contributed by atoms with Crippen LogP contribution in [0.1, 0.15) is 31.7 Å². The third-order valence-corrected chi connectivity index (χ3v) is 5.94. The van der Waals surface area contributed by atoms with Crippen molar-refractivity contribution in [2.24, 2.45) is 0 Å². The van der Waals surface area contributed by atoms with Gasteiger partial charge in [-0.1, -0.05) is 18.2 Å². The van der Waals surface area contributed by atoms with E-state index < -0.39 is 0 Å². The van der Waals surface area contributed by atoms with E-state index >= 15 is 0 Å². The number of hydrogen-bond donors (Lipinski definition) is 1. The normalized spacial score (nSPS) is 22.4. The summed E-state index contributed by atoms with van der Waals surface area (Å²) >= 11 is 0. The van der Waals surface area contributed by atoms with Gasteiger partial charge in [0.15, 0.2) is 0 Å². The zero-order chi connectivity index (χ0) is 19.9. The first kappa shape index (κ1) is 21.0. The van der Waals surface area contributed by atoms with Gasteiger partial charge >= 0.3 is 6.09 Å². The molecule has 6 nitrogen and oxygen atoms in total. The summed E-state index contributed by atoms with van der Waals surface area (Å²) in [6.45, 7) is 7.06. The highest BCUT2D eigenvalue weighted by molar-refractivity contribution is 5.67. The first-order valence-corrected chi connectivity index (χ1v) is 10.4. The fourth-order valence-corrected chi connectivity index (χ4v) is 4.35. The molecule has 1 atom stereocenters. The second-order valence-electron chi connectivity index (χ2n) is 7.64. The van der Waals surface area contributed by atoms with Gasteiger partial charge in [0.2, 0.25) is 0 Å². The summed E-state index contributed by atoms with van der Waals surface area (Å²) in [5.41, 5.74) is 0.710. The predicted octanol–water partition coefficient (Wildman–Crippen LogP) is 2.32. The van der Waals surface area contributed by atoms with Crippen LogP contribution in [0.5, 0.6) is 0 Å². The second-order valence-corrected chi connectivity index (χ2v) is 7.64. The number of aliphatic hydroxyl groups is 1. The quantitative estimate of drug-likeness (QED) is 0.804. The van der Waals surface area contributed by atoms with Crippen molar-refractivity contribution >= 4 is 6.09 Å². The van der Waals surface area contributed by atoms with E-state index in [1.165, 1.54) is 6.07 Å². The Hall–Kier alpha value is -1.70. The third kappa shape index (κ3) is 5.21. The molecule has 0 aliphatic carbocycles. The molecule has 1 amide bonds. The summed E-state index contributed by atoms with van der Waals surface area (Å²) < 4.78 is 19.2. The lowest BCUT2D eigenvalue weighted by Crippen LogP contribution is -2.57. The highest BCUT2D eigenvalue weighted by atomic mass is 19.1. The Morgan fingerprint density at radius 1 is 1.21 bits per heavy atom. The van der Waals surface area contributed by atoms with Crippen LogP contribution in [0.4, 0.5) is 9.18 Å². The lowest BCUT2D eigenvalue weighted by Gasteiger charge is -2.46. The van der Waals surface area contributed by atoms with Crippen LogP contribution in [0.3, 0.4) is 0 Å². The van der Waals surface area contributed by atoms with E-state index in [0.29, 0.717) is 31.2 Å². The van der Waals surface area contributed by atoms with Gasteiger partial charge in [0, 0.05) is 63.5 Å². The Morgan fingerprint density at radius 2 is 1.96 bits per heavy atom. The molecule has 2 aliphatic rings. The first-order chi connectivity index (χ1) is 13.6. The average Bonchev–Trinajstić information content (AvgIpc) is 2.71. The minimum absolute atomic E-state index is 0.133. The van der Waals surface area contributed by atoms with E-state index in [4.69, 9.17) is 4.74 Å². The highest BCUT2D eigenvalue weighted by Crippen LogP contribution is 2.24. The van der Waals surface area contributed by atoms with Gasteiger partial charge < -0.3 is 14.7 Å². The molecule has 28 heavy (non-hydrogen) atoms. The Morgan fingerprint density at radius 3 is 2.64 bits per heavy atom. The van der Waals surface area contributed by atoms with Crippen molar-refractivity contribution in [3.05, 3.63) is 35.6 Å². The maximum atomic E-state index is 14.1. The molecule has 1 aromatic carbocycles. The van der Waals surface area contributed by atoms with Gasteiger partial charge in [0.05, 0.1) is 6.61 Å². The number of benzene rings is 1. The Kier molecular flexibility index (Phi) is 7.65. The van der Waals surface area contributed by atoms with E-state index in [2.05, 4.69) is 9.80 Å². The molecule has 3 rings (SSSR count). The number of hydrogen-bond acceptors (Lipinski definition) is 5. The van der Waals surface area contributed by atoms with Gasteiger partial charge in [0.1, 0.15) is 5.82 Å². The Labute approximate surface area is 166 Å². The van der Waals surface area contributed by atoms with Crippen molar-refractivity contribution in [1.82, 2.24) is 14.7 Å². The summed E-state index contributed by atoms with van der Waals surface area (Å²) in [4.78, 5) is 18.5. The van der Waals surface area contributed by atoms with Crippen LogP contribution < -0.4 is 0 Å². The van der Waals surface area contributed by atoms with Crippen molar-refractivity contribution in [3.63, 3.8) is 0 Å². The molecule has 0 aromatic heterocycles. The van der Waals surface area contributed by atoms with E-state index in [-0.39, 0.29) is 24.6 Å². The summed E-state index contributed by atoms with van der Waals surface area (Å²) in [7, 11) is 0. The summed E-state index contributed by atoms with van der Waals surface area (Å²) in [5.74, 6) is -0.168. The average molecular weight is 394 g/mol. The molecule has 1 aromatic rings. The van der Waals surface area contributed by atoms with Crippen LogP contribution in [-0.2, 0) is 11.3 Å². The van der Waals surface area contributed by atoms with Crippen LogP contribution in [0.15, 0.2) is 24.3 Å². The van der Waals surface area contributed by atoms with Gasteiger partial charge in [-0.25, -0.2) is 9.18 Å². The molecule has 0 spiro atoms. The van der Waals surface area contributed by atoms with E-state index in [1.807, 2.05) is 19.1 Å². The smallest absolute Gasteiger partial charge is 0.409 e. The molecule has 2 aliphatic heterocycles. The second kappa shape index (κ2) is 10.2. The zero-order valence-electron chi connectivity index (χ0n) is 16.7. The zero-order valence-corrected chi connectivity index (χ0v) is 16.7. The molecule has 0 bridgehead atoms. The molecule has 1 N–H and O–H groups in total. The molecule has 0 unspecified atom stereocenters. The number of likely N-dealkylation sites (tertiary alicyclic amines) is 1. The third-order valence-electron chi connectivity index (χ3n) is 5.94. The minimum atomic E-state index is -0.214. The van der Waals surface area contributed by atoms with Crippen molar-refractivity contribution in [1.29, 1.82) is 0 Å². The maximum absolute atomic E-state index is 14.1. The fraction of sp³-hybridized carbons (Fsp3) is 0.667. The molecule has 2 saturated heterocycles. The highest BCUT2D eigenvalue weighted by Gasteiger charge is 2.33. The molecular weight excluding hydrogens is 361 g/mol. The molecule has 156 valence electrons. The lowest BCUT2D eigenvalue weighted by atomic mass is 9.99. The lowest BCUT2D eigenvalue weighted by molar-refractivity contribution is 0.0117. The summed E-state index contributed by atoms with van der Waals surface area (Å²) in [6, 6.07) is 7.58. The minimum Gasteiger partial charge on any atom is -0.450 e. The van der Waals surface area contributed by atoms with Crippen LogP contribution in [-0.4, -0.2) is 83.9 Å². The monoisotopic (exact) mass is 393 g/mol. The first-order valence-electron chi connectivity index (χ1n) is 10.4. The van der Waals surface area contributed by atoms with Crippen molar-refractivity contribution in [2.75, 3.05) is 45.9 Å².